The number of carbonyl (C=O) groups is 2. The van der Waals surface area contributed by atoms with Gasteiger partial charge in [0, 0.05) is 43.3 Å². The number of carbonyl (C=O) groups excluding carboxylic acids is 2. The summed E-state index contributed by atoms with van der Waals surface area (Å²) in [4.78, 5) is 28.9. The van der Waals surface area contributed by atoms with E-state index in [1.807, 2.05) is 61.2 Å². The molecule has 0 radical (unpaired) electrons. The molecule has 1 aliphatic rings. The zero-order chi connectivity index (χ0) is 20.8. The molecule has 154 valence electrons. The van der Waals surface area contributed by atoms with Crippen LogP contribution in [0.1, 0.15) is 23.1 Å². The smallest absolute Gasteiger partial charge is 0.238 e. The van der Waals surface area contributed by atoms with Crippen molar-refractivity contribution in [2.45, 2.75) is 26.7 Å². The van der Waals surface area contributed by atoms with Crippen LogP contribution >= 0.6 is 11.6 Å². The van der Waals surface area contributed by atoms with Gasteiger partial charge in [0.05, 0.1) is 6.54 Å². The largest absolute Gasteiger partial charge is 0.340 e. The topological polar surface area (TPSA) is 52.7 Å². The van der Waals surface area contributed by atoms with Crippen molar-refractivity contribution in [3.05, 3.63) is 64.2 Å². The molecule has 1 N–H and O–H groups in total. The van der Waals surface area contributed by atoms with Crippen LogP contribution in [0.2, 0.25) is 5.02 Å². The molecular formula is C23H28ClN3O2. The lowest BCUT2D eigenvalue weighted by Gasteiger charge is -2.34. The minimum atomic E-state index is -0.0128. The Hall–Kier alpha value is -2.37. The minimum Gasteiger partial charge on any atom is -0.340 e. The minimum absolute atomic E-state index is 0.0128. The lowest BCUT2D eigenvalue weighted by Crippen LogP contribution is -2.50. The summed E-state index contributed by atoms with van der Waals surface area (Å²) in [6.45, 7) is 7.15. The van der Waals surface area contributed by atoms with Gasteiger partial charge in [-0.05, 0) is 55.2 Å². The maximum absolute atomic E-state index is 12.5. The quantitative estimate of drug-likeness (QED) is 0.786. The van der Waals surface area contributed by atoms with Crippen molar-refractivity contribution in [1.29, 1.82) is 0 Å². The number of piperazine rings is 1. The first-order valence-corrected chi connectivity index (χ1v) is 10.4. The highest BCUT2D eigenvalue weighted by molar-refractivity contribution is 6.30. The predicted molar refractivity (Wildman–Crippen MR) is 117 cm³/mol. The van der Waals surface area contributed by atoms with Crippen LogP contribution in [0.15, 0.2) is 42.5 Å². The van der Waals surface area contributed by atoms with Crippen LogP contribution in [0.4, 0.5) is 5.69 Å². The zero-order valence-electron chi connectivity index (χ0n) is 17.1. The summed E-state index contributed by atoms with van der Waals surface area (Å²) in [7, 11) is 0. The third-order valence-electron chi connectivity index (χ3n) is 5.51. The van der Waals surface area contributed by atoms with E-state index in [0.717, 1.165) is 22.4 Å². The van der Waals surface area contributed by atoms with Crippen LogP contribution in [-0.2, 0) is 16.0 Å². The fourth-order valence-electron chi connectivity index (χ4n) is 3.50. The van der Waals surface area contributed by atoms with E-state index in [0.29, 0.717) is 50.6 Å². The van der Waals surface area contributed by atoms with Crippen molar-refractivity contribution in [3.8, 4) is 0 Å². The second kappa shape index (κ2) is 9.90. The van der Waals surface area contributed by atoms with Crippen LogP contribution in [0.25, 0.3) is 0 Å². The molecule has 6 heteroatoms. The Labute approximate surface area is 177 Å². The molecule has 29 heavy (non-hydrogen) atoms. The van der Waals surface area contributed by atoms with E-state index >= 15 is 0 Å². The van der Waals surface area contributed by atoms with Gasteiger partial charge in [0.1, 0.15) is 0 Å². The Kier molecular flexibility index (Phi) is 7.29. The van der Waals surface area contributed by atoms with Gasteiger partial charge in [0.15, 0.2) is 0 Å². The molecule has 2 aromatic carbocycles. The number of halogens is 1. The van der Waals surface area contributed by atoms with E-state index in [1.165, 1.54) is 0 Å². The van der Waals surface area contributed by atoms with Crippen molar-refractivity contribution in [2.24, 2.45) is 0 Å². The van der Waals surface area contributed by atoms with Crippen molar-refractivity contribution in [2.75, 3.05) is 38.0 Å². The lowest BCUT2D eigenvalue weighted by molar-refractivity contribution is -0.133. The number of hydrogen-bond donors (Lipinski definition) is 1. The predicted octanol–water partition coefficient (Wildman–Crippen LogP) is 3.67. The number of hydrogen-bond acceptors (Lipinski definition) is 3. The van der Waals surface area contributed by atoms with Gasteiger partial charge < -0.3 is 10.2 Å². The molecule has 1 heterocycles. The fraction of sp³-hybridized carbons (Fsp3) is 0.391. The molecule has 0 aliphatic carbocycles. The summed E-state index contributed by atoms with van der Waals surface area (Å²) in [5.41, 5.74) is 4.24. The molecule has 1 aliphatic heterocycles. The zero-order valence-corrected chi connectivity index (χ0v) is 17.8. The number of rotatable bonds is 6. The first kappa shape index (κ1) is 21.3. The lowest BCUT2D eigenvalue weighted by atomic mass is 10.1. The molecule has 1 fully saturated rings. The number of benzene rings is 2. The van der Waals surface area contributed by atoms with E-state index in [4.69, 9.17) is 11.6 Å². The van der Waals surface area contributed by atoms with Crippen molar-refractivity contribution >= 4 is 29.1 Å². The van der Waals surface area contributed by atoms with Crippen molar-refractivity contribution in [1.82, 2.24) is 9.80 Å². The van der Waals surface area contributed by atoms with Crippen LogP contribution in [0.5, 0.6) is 0 Å². The third kappa shape index (κ3) is 6.05. The summed E-state index contributed by atoms with van der Waals surface area (Å²) in [6.07, 6.45) is 1.21. The highest BCUT2D eigenvalue weighted by Crippen LogP contribution is 2.18. The number of amides is 2. The maximum atomic E-state index is 12.5. The third-order valence-corrected chi connectivity index (χ3v) is 5.76. The van der Waals surface area contributed by atoms with Gasteiger partial charge in [0.25, 0.3) is 0 Å². The molecule has 3 rings (SSSR count). The van der Waals surface area contributed by atoms with Crippen LogP contribution in [0.3, 0.4) is 0 Å². The highest BCUT2D eigenvalue weighted by Gasteiger charge is 2.22. The molecule has 1 saturated heterocycles. The number of nitrogens with one attached hydrogen (secondary N) is 1. The molecule has 0 saturated carbocycles. The van der Waals surface area contributed by atoms with Crippen LogP contribution in [-0.4, -0.2) is 54.3 Å². The summed E-state index contributed by atoms with van der Waals surface area (Å²) in [5, 5.41) is 3.71. The molecule has 2 amide bonds. The molecule has 0 atom stereocenters. The normalized spacial score (nSPS) is 14.7. The highest BCUT2D eigenvalue weighted by atomic mass is 35.5. The maximum Gasteiger partial charge on any atom is 0.238 e. The Bertz CT molecular complexity index is 859. The average Bonchev–Trinajstić information content (AvgIpc) is 2.71. The summed E-state index contributed by atoms with van der Waals surface area (Å²) < 4.78 is 0. The summed E-state index contributed by atoms with van der Waals surface area (Å²) in [6, 6.07) is 13.5. The molecule has 2 aromatic rings. The van der Waals surface area contributed by atoms with Crippen LogP contribution in [0, 0.1) is 13.8 Å². The standard InChI is InChI=1S/C23H28ClN3O2/c1-17-4-3-5-21(18(17)2)25-22(28)16-26-12-14-27(15-13-26)23(29)11-8-19-6-9-20(24)10-7-19/h3-7,9-10H,8,11-16H2,1-2H3,(H,25,28). The van der Waals surface area contributed by atoms with Gasteiger partial charge in [0.2, 0.25) is 11.8 Å². The van der Waals surface area contributed by atoms with Crippen molar-refractivity contribution in [3.63, 3.8) is 0 Å². The van der Waals surface area contributed by atoms with Gasteiger partial charge in [-0.3, -0.25) is 14.5 Å². The first-order chi connectivity index (χ1) is 13.9. The summed E-state index contributed by atoms with van der Waals surface area (Å²) in [5.74, 6) is 0.153. The van der Waals surface area contributed by atoms with E-state index in [2.05, 4.69) is 10.2 Å². The second-order valence-corrected chi connectivity index (χ2v) is 8.02. The Morgan fingerprint density at radius 3 is 2.38 bits per heavy atom. The Balaban J connectivity index is 1.41. The Morgan fingerprint density at radius 2 is 1.69 bits per heavy atom. The van der Waals surface area contributed by atoms with Crippen LogP contribution < -0.4 is 5.32 Å². The molecule has 0 unspecified atom stereocenters. The van der Waals surface area contributed by atoms with Gasteiger partial charge in [-0.25, -0.2) is 0 Å². The number of aryl methyl sites for hydroxylation is 2. The average molecular weight is 414 g/mol. The molecule has 0 bridgehead atoms. The van der Waals surface area contributed by atoms with E-state index in [9.17, 15) is 9.59 Å². The first-order valence-electron chi connectivity index (χ1n) is 10.0. The molecule has 5 nitrogen and oxygen atoms in total. The van der Waals surface area contributed by atoms with E-state index < -0.39 is 0 Å². The van der Waals surface area contributed by atoms with Crippen molar-refractivity contribution < 1.29 is 9.59 Å². The number of nitrogens with zero attached hydrogens (tertiary/aromatic N) is 2. The molecule has 0 spiro atoms. The van der Waals surface area contributed by atoms with E-state index in [-0.39, 0.29) is 11.8 Å². The van der Waals surface area contributed by atoms with Gasteiger partial charge in [-0.2, -0.15) is 0 Å². The van der Waals surface area contributed by atoms with Gasteiger partial charge in [-0.15, -0.1) is 0 Å². The second-order valence-electron chi connectivity index (χ2n) is 7.58. The molecular weight excluding hydrogens is 386 g/mol. The van der Waals surface area contributed by atoms with Gasteiger partial charge >= 0.3 is 0 Å². The molecule has 0 aromatic heterocycles. The van der Waals surface area contributed by atoms with E-state index in [1.54, 1.807) is 0 Å². The number of anilines is 1. The monoisotopic (exact) mass is 413 g/mol. The van der Waals surface area contributed by atoms with Gasteiger partial charge in [-0.1, -0.05) is 35.9 Å². The Morgan fingerprint density at radius 1 is 1.00 bits per heavy atom. The fourth-order valence-corrected chi connectivity index (χ4v) is 3.62. The SMILES string of the molecule is Cc1cccc(NC(=O)CN2CCN(C(=O)CCc3ccc(Cl)cc3)CC2)c1C. The summed E-state index contributed by atoms with van der Waals surface area (Å²) >= 11 is 5.90.